The van der Waals surface area contributed by atoms with Crippen molar-refractivity contribution >= 4 is 11.6 Å². The zero-order valence-corrected chi connectivity index (χ0v) is 10.6. The number of anilines is 1. The molecule has 5 nitrogen and oxygen atoms in total. The van der Waals surface area contributed by atoms with E-state index in [4.69, 9.17) is 10.5 Å². The van der Waals surface area contributed by atoms with Gasteiger partial charge in [-0.3, -0.25) is 4.79 Å². The Bertz CT molecular complexity index is 462. The third kappa shape index (κ3) is 2.07. The van der Waals surface area contributed by atoms with Crippen LogP contribution in [0.2, 0.25) is 0 Å². The number of benzene rings is 1. The summed E-state index contributed by atoms with van der Waals surface area (Å²) >= 11 is 0. The van der Waals surface area contributed by atoms with E-state index in [0.29, 0.717) is 23.4 Å². The van der Waals surface area contributed by atoms with Crippen LogP contribution >= 0.6 is 0 Å². The fraction of sp³-hybridized carbons (Fsp3) is 0.462. The minimum atomic E-state index is -0.720. The Morgan fingerprint density at radius 3 is 2.89 bits per heavy atom. The quantitative estimate of drug-likeness (QED) is 0.832. The zero-order valence-electron chi connectivity index (χ0n) is 10.6. The smallest absolute Gasteiger partial charge is 0.267 e. The van der Waals surface area contributed by atoms with Gasteiger partial charge in [0.2, 0.25) is 0 Å². The highest BCUT2D eigenvalue weighted by molar-refractivity contribution is 5.99. The zero-order chi connectivity index (χ0) is 13.3. The molecule has 0 saturated heterocycles. The second-order valence-corrected chi connectivity index (χ2v) is 4.39. The number of carbonyl (C=O) groups is 1. The Morgan fingerprint density at radius 2 is 2.28 bits per heavy atom. The van der Waals surface area contributed by atoms with Crippen molar-refractivity contribution in [3.63, 3.8) is 0 Å². The van der Waals surface area contributed by atoms with Gasteiger partial charge in [-0.2, -0.15) is 0 Å². The van der Waals surface area contributed by atoms with Crippen LogP contribution in [0.15, 0.2) is 18.2 Å². The lowest BCUT2D eigenvalue weighted by molar-refractivity contribution is -0.126. The Labute approximate surface area is 106 Å². The fourth-order valence-corrected chi connectivity index (χ4v) is 2.04. The van der Waals surface area contributed by atoms with Gasteiger partial charge in [0, 0.05) is 13.6 Å². The van der Waals surface area contributed by atoms with Crippen molar-refractivity contribution in [2.45, 2.75) is 25.6 Å². The normalized spacial score (nSPS) is 20.3. The van der Waals surface area contributed by atoms with Crippen molar-refractivity contribution in [3.05, 3.63) is 23.8 Å². The van der Waals surface area contributed by atoms with E-state index >= 15 is 0 Å². The maximum Gasteiger partial charge on any atom is 0.267 e. The lowest BCUT2D eigenvalue weighted by atomic mass is 10.1. The van der Waals surface area contributed by atoms with E-state index in [2.05, 4.69) is 0 Å². The van der Waals surface area contributed by atoms with Crippen molar-refractivity contribution in [2.75, 3.05) is 18.5 Å². The van der Waals surface area contributed by atoms with Crippen molar-refractivity contribution in [1.29, 1.82) is 0 Å². The van der Waals surface area contributed by atoms with Crippen LogP contribution in [0.4, 0.5) is 5.69 Å². The SMILES string of the molecule is CCC1Oc2ccc(C(O)CN)cc2N(C)C1=O. The first-order chi connectivity index (χ1) is 8.58. The van der Waals surface area contributed by atoms with E-state index in [1.54, 1.807) is 30.1 Å². The van der Waals surface area contributed by atoms with E-state index in [-0.39, 0.29) is 12.5 Å². The molecule has 0 aromatic heterocycles. The summed E-state index contributed by atoms with van der Waals surface area (Å²) in [6.45, 7) is 2.06. The van der Waals surface area contributed by atoms with E-state index in [1.165, 1.54) is 0 Å². The summed E-state index contributed by atoms with van der Waals surface area (Å²) in [6, 6.07) is 5.29. The highest BCUT2D eigenvalue weighted by Gasteiger charge is 2.31. The summed E-state index contributed by atoms with van der Waals surface area (Å²) in [4.78, 5) is 13.6. The van der Waals surface area contributed by atoms with Crippen molar-refractivity contribution in [2.24, 2.45) is 5.73 Å². The fourth-order valence-electron chi connectivity index (χ4n) is 2.04. The summed E-state index contributed by atoms with van der Waals surface area (Å²) in [7, 11) is 1.71. The van der Waals surface area contributed by atoms with Gasteiger partial charge in [0.25, 0.3) is 5.91 Å². The number of aliphatic hydroxyl groups excluding tert-OH is 1. The molecule has 5 heteroatoms. The van der Waals surface area contributed by atoms with Gasteiger partial charge in [0.1, 0.15) is 5.75 Å². The summed E-state index contributed by atoms with van der Waals surface area (Å²) in [6.07, 6.45) is -0.508. The number of hydrogen-bond donors (Lipinski definition) is 2. The van der Waals surface area contributed by atoms with E-state index in [1.807, 2.05) is 6.92 Å². The van der Waals surface area contributed by atoms with E-state index in [9.17, 15) is 9.90 Å². The van der Waals surface area contributed by atoms with Gasteiger partial charge in [-0.15, -0.1) is 0 Å². The van der Waals surface area contributed by atoms with Crippen molar-refractivity contribution in [3.8, 4) is 5.75 Å². The maximum absolute atomic E-state index is 12.0. The largest absolute Gasteiger partial charge is 0.478 e. The molecule has 18 heavy (non-hydrogen) atoms. The highest BCUT2D eigenvalue weighted by Crippen LogP contribution is 2.35. The highest BCUT2D eigenvalue weighted by atomic mass is 16.5. The predicted molar refractivity (Wildman–Crippen MR) is 68.6 cm³/mol. The van der Waals surface area contributed by atoms with Gasteiger partial charge in [-0.25, -0.2) is 0 Å². The molecule has 1 aromatic carbocycles. The van der Waals surface area contributed by atoms with E-state index in [0.717, 1.165) is 0 Å². The molecule has 0 fully saturated rings. The second kappa shape index (κ2) is 4.96. The number of rotatable bonds is 3. The van der Waals surface area contributed by atoms with Crippen molar-refractivity contribution in [1.82, 2.24) is 0 Å². The third-order valence-electron chi connectivity index (χ3n) is 3.20. The van der Waals surface area contributed by atoms with Crippen LogP contribution in [-0.4, -0.2) is 30.7 Å². The van der Waals surface area contributed by atoms with Crippen LogP contribution < -0.4 is 15.4 Å². The summed E-state index contributed by atoms with van der Waals surface area (Å²) in [5.74, 6) is 0.598. The molecular weight excluding hydrogens is 232 g/mol. The van der Waals surface area contributed by atoms with Crippen LogP contribution in [-0.2, 0) is 4.79 Å². The van der Waals surface area contributed by atoms with Gasteiger partial charge >= 0.3 is 0 Å². The number of likely N-dealkylation sites (N-methyl/N-ethyl adjacent to an activating group) is 1. The van der Waals surface area contributed by atoms with Crippen LogP contribution in [0, 0.1) is 0 Å². The molecule has 0 radical (unpaired) electrons. The van der Waals surface area contributed by atoms with Gasteiger partial charge in [0.15, 0.2) is 6.10 Å². The van der Waals surface area contributed by atoms with Gasteiger partial charge < -0.3 is 20.5 Å². The first-order valence-electron chi connectivity index (χ1n) is 6.04. The molecular formula is C13H18N2O3. The molecule has 1 aromatic rings. The van der Waals surface area contributed by atoms with Gasteiger partial charge in [-0.1, -0.05) is 13.0 Å². The second-order valence-electron chi connectivity index (χ2n) is 4.39. The first kappa shape index (κ1) is 12.9. The van der Waals surface area contributed by atoms with Crippen LogP contribution in [0.25, 0.3) is 0 Å². The monoisotopic (exact) mass is 250 g/mol. The lowest BCUT2D eigenvalue weighted by Crippen LogP contribution is -2.43. The third-order valence-corrected chi connectivity index (χ3v) is 3.20. The standard InChI is InChI=1S/C13H18N2O3/c1-3-11-13(17)15(2)9-6-8(10(16)7-14)4-5-12(9)18-11/h4-6,10-11,16H,3,7,14H2,1-2H3. The molecule has 0 saturated carbocycles. The molecule has 1 aliphatic heterocycles. The average Bonchev–Trinajstić information content (AvgIpc) is 2.41. The Balaban J connectivity index is 2.39. The maximum atomic E-state index is 12.0. The number of ether oxygens (including phenoxy) is 1. The lowest BCUT2D eigenvalue weighted by Gasteiger charge is -2.32. The number of carbonyl (C=O) groups excluding carboxylic acids is 1. The Morgan fingerprint density at radius 1 is 1.56 bits per heavy atom. The number of nitrogens with two attached hydrogens (primary N) is 1. The molecule has 1 heterocycles. The van der Waals surface area contributed by atoms with Crippen LogP contribution in [0.1, 0.15) is 25.0 Å². The number of aliphatic hydroxyl groups is 1. The molecule has 2 unspecified atom stereocenters. The molecule has 1 aliphatic rings. The van der Waals surface area contributed by atoms with Crippen LogP contribution in [0.3, 0.4) is 0 Å². The molecule has 2 rings (SSSR count). The molecule has 0 bridgehead atoms. The molecule has 98 valence electrons. The molecule has 0 aliphatic carbocycles. The Hall–Kier alpha value is -1.59. The molecule has 3 N–H and O–H groups in total. The van der Waals surface area contributed by atoms with Crippen LogP contribution in [0.5, 0.6) is 5.75 Å². The van der Waals surface area contributed by atoms with Gasteiger partial charge in [0.05, 0.1) is 11.8 Å². The van der Waals surface area contributed by atoms with Gasteiger partial charge in [-0.05, 0) is 24.1 Å². The predicted octanol–water partition coefficient (Wildman–Crippen LogP) is 0.812. The first-order valence-corrected chi connectivity index (χ1v) is 6.04. The minimum absolute atomic E-state index is 0.0654. The number of nitrogens with zero attached hydrogens (tertiary/aromatic N) is 1. The summed E-state index contributed by atoms with van der Waals surface area (Å²) in [5.41, 5.74) is 6.79. The number of amides is 1. The molecule has 1 amide bonds. The number of hydrogen-bond acceptors (Lipinski definition) is 4. The number of fused-ring (bicyclic) bond motifs is 1. The minimum Gasteiger partial charge on any atom is -0.478 e. The summed E-state index contributed by atoms with van der Waals surface area (Å²) in [5, 5.41) is 9.71. The molecule has 2 atom stereocenters. The molecule has 0 spiro atoms. The topological polar surface area (TPSA) is 75.8 Å². The summed E-state index contributed by atoms with van der Waals surface area (Å²) < 4.78 is 5.63. The average molecular weight is 250 g/mol. The van der Waals surface area contributed by atoms with Crippen molar-refractivity contribution < 1.29 is 14.6 Å². The Kier molecular flexibility index (Phi) is 3.54. The van der Waals surface area contributed by atoms with E-state index < -0.39 is 12.2 Å².